The number of halogens is 3. The first kappa shape index (κ1) is 10.4. The van der Waals surface area contributed by atoms with Crippen LogP contribution < -0.4 is 0 Å². The molecule has 1 aliphatic carbocycles. The molecular weight excluding hydrogens is 266 g/mol. The molecule has 1 fully saturated rings. The van der Waals surface area contributed by atoms with Gasteiger partial charge in [-0.2, -0.15) is 0 Å². The molecule has 0 nitrogen and oxygen atoms in total. The third kappa shape index (κ3) is 2.12. The molecule has 0 aliphatic heterocycles. The Morgan fingerprint density at radius 1 is 1.43 bits per heavy atom. The van der Waals surface area contributed by atoms with Crippen molar-refractivity contribution in [3.05, 3.63) is 34.6 Å². The highest BCUT2D eigenvalue weighted by Gasteiger charge is 2.41. The maximum Gasteiger partial charge on any atom is 0.127 e. The van der Waals surface area contributed by atoms with Crippen molar-refractivity contribution in [3.8, 4) is 0 Å². The lowest BCUT2D eigenvalue weighted by Crippen LogP contribution is -2.07. The molecule has 76 valence electrons. The highest BCUT2D eigenvalue weighted by atomic mass is 79.9. The molecule has 14 heavy (non-hydrogen) atoms. The Balaban J connectivity index is 2.17. The Labute approximate surface area is 96.6 Å². The van der Waals surface area contributed by atoms with E-state index in [0.29, 0.717) is 10.4 Å². The zero-order valence-corrected chi connectivity index (χ0v) is 10.0. The van der Waals surface area contributed by atoms with Crippen molar-refractivity contribution >= 4 is 27.5 Å². The van der Waals surface area contributed by atoms with E-state index in [1.807, 2.05) is 0 Å². The second-order valence-corrected chi connectivity index (χ2v) is 5.04. The normalized spacial score (nSPS) is 18.2. The van der Waals surface area contributed by atoms with E-state index in [1.165, 1.54) is 18.9 Å². The van der Waals surface area contributed by atoms with Crippen LogP contribution in [-0.4, -0.2) is 5.33 Å². The molecule has 0 spiro atoms. The van der Waals surface area contributed by atoms with E-state index in [-0.39, 0.29) is 5.82 Å². The lowest BCUT2D eigenvalue weighted by Gasteiger charge is -2.11. The van der Waals surface area contributed by atoms with E-state index in [1.54, 1.807) is 12.1 Å². The molecule has 0 radical (unpaired) electrons. The Bertz CT molecular complexity index is 347. The Hall–Kier alpha value is -0.0800. The average molecular weight is 278 g/mol. The molecule has 0 heterocycles. The van der Waals surface area contributed by atoms with Gasteiger partial charge in [0.15, 0.2) is 0 Å². The summed E-state index contributed by atoms with van der Waals surface area (Å²) in [5.74, 6) is -0.176. The fourth-order valence-electron chi connectivity index (χ4n) is 1.60. The van der Waals surface area contributed by atoms with Gasteiger partial charge in [0.05, 0.1) is 0 Å². The minimum atomic E-state index is -0.176. The molecule has 3 heteroatoms. The predicted octanol–water partition coefficient (Wildman–Crippen LogP) is 4.20. The summed E-state index contributed by atoms with van der Waals surface area (Å²) >= 11 is 9.17. The van der Waals surface area contributed by atoms with E-state index in [4.69, 9.17) is 11.6 Å². The van der Waals surface area contributed by atoms with Gasteiger partial charge in [0.25, 0.3) is 0 Å². The van der Waals surface area contributed by atoms with Crippen LogP contribution in [0.1, 0.15) is 18.4 Å². The third-order valence-corrected chi connectivity index (χ3v) is 4.25. The van der Waals surface area contributed by atoms with Crippen molar-refractivity contribution in [3.63, 3.8) is 0 Å². The molecule has 0 N–H and O–H groups in total. The van der Waals surface area contributed by atoms with E-state index in [9.17, 15) is 4.39 Å². The first-order valence-electron chi connectivity index (χ1n) is 4.65. The van der Waals surface area contributed by atoms with Gasteiger partial charge >= 0.3 is 0 Å². The number of benzene rings is 1. The molecule has 0 amide bonds. The SMILES string of the molecule is Fc1cc(Cl)ccc1CC1(CBr)CC1. The van der Waals surface area contributed by atoms with Gasteiger partial charge in [-0.3, -0.25) is 0 Å². The fourth-order valence-corrected chi connectivity index (χ4v) is 2.52. The molecule has 2 rings (SSSR count). The van der Waals surface area contributed by atoms with Gasteiger partial charge in [-0.05, 0) is 42.4 Å². The quantitative estimate of drug-likeness (QED) is 0.727. The van der Waals surface area contributed by atoms with Crippen LogP contribution >= 0.6 is 27.5 Å². The predicted molar refractivity (Wildman–Crippen MR) is 60.6 cm³/mol. The first-order valence-corrected chi connectivity index (χ1v) is 6.15. The van der Waals surface area contributed by atoms with Crippen molar-refractivity contribution in [2.75, 3.05) is 5.33 Å². The van der Waals surface area contributed by atoms with Crippen molar-refractivity contribution < 1.29 is 4.39 Å². The zero-order valence-electron chi connectivity index (χ0n) is 7.69. The molecule has 0 saturated heterocycles. The van der Waals surface area contributed by atoms with Crippen molar-refractivity contribution in [1.29, 1.82) is 0 Å². The Kier molecular flexibility index (Phi) is 2.85. The lowest BCUT2D eigenvalue weighted by molar-refractivity contribution is 0.544. The Morgan fingerprint density at radius 3 is 2.64 bits per heavy atom. The summed E-state index contributed by atoms with van der Waals surface area (Å²) in [6.45, 7) is 0. The first-order chi connectivity index (χ1) is 6.65. The van der Waals surface area contributed by atoms with Crippen LogP contribution in [-0.2, 0) is 6.42 Å². The molecule has 0 unspecified atom stereocenters. The monoisotopic (exact) mass is 276 g/mol. The topological polar surface area (TPSA) is 0 Å². The van der Waals surface area contributed by atoms with E-state index >= 15 is 0 Å². The molecule has 0 bridgehead atoms. The lowest BCUT2D eigenvalue weighted by atomic mass is 9.98. The fraction of sp³-hybridized carbons (Fsp3) is 0.455. The minimum absolute atomic E-state index is 0.176. The van der Waals surface area contributed by atoms with Gasteiger partial charge in [0, 0.05) is 10.4 Å². The highest BCUT2D eigenvalue weighted by Crippen LogP contribution is 2.49. The van der Waals surface area contributed by atoms with E-state index in [2.05, 4.69) is 15.9 Å². The summed E-state index contributed by atoms with van der Waals surface area (Å²) in [6, 6.07) is 4.94. The molecule has 1 saturated carbocycles. The van der Waals surface area contributed by atoms with Crippen LogP contribution in [0.3, 0.4) is 0 Å². The van der Waals surface area contributed by atoms with Crippen molar-refractivity contribution in [2.24, 2.45) is 5.41 Å². The second-order valence-electron chi connectivity index (χ2n) is 4.05. The van der Waals surface area contributed by atoms with Crippen LogP contribution in [0.2, 0.25) is 5.02 Å². The zero-order chi connectivity index (χ0) is 10.2. The van der Waals surface area contributed by atoms with Gasteiger partial charge < -0.3 is 0 Å². The molecule has 1 aliphatic rings. The van der Waals surface area contributed by atoms with Crippen LogP contribution in [0.15, 0.2) is 18.2 Å². The van der Waals surface area contributed by atoms with Gasteiger partial charge in [0.1, 0.15) is 5.82 Å². The summed E-state index contributed by atoms with van der Waals surface area (Å²) in [5, 5.41) is 1.43. The number of alkyl halides is 1. The summed E-state index contributed by atoms with van der Waals surface area (Å²) in [4.78, 5) is 0. The van der Waals surface area contributed by atoms with E-state index < -0.39 is 0 Å². The molecule has 0 atom stereocenters. The summed E-state index contributed by atoms with van der Waals surface area (Å²) in [7, 11) is 0. The largest absolute Gasteiger partial charge is 0.207 e. The highest BCUT2D eigenvalue weighted by molar-refractivity contribution is 9.09. The molecule has 1 aromatic rings. The van der Waals surface area contributed by atoms with Crippen molar-refractivity contribution in [1.82, 2.24) is 0 Å². The Morgan fingerprint density at radius 2 is 2.14 bits per heavy atom. The van der Waals surface area contributed by atoms with Crippen molar-refractivity contribution in [2.45, 2.75) is 19.3 Å². The maximum absolute atomic E-state index is 13.4. The van der Waals surface area contributed by atoms with Gasteiger partial charge in [-0.15, -0.1) is 0 Å². The number of hydrogen-bond acceptors (Lipinski definition) is 0. The van der Waals surface area contributed by atoms with Crippen LogP contribution in [0.5, 0.6) is 0 Å². The molecule has 0 aromatic heterocycles. The summed E-state index contributed by atoms with van der Waals surface area (Å²) in [5.41, 5.74) is 1.10. The smallest absolute Gasteiger partial charge is 0.127 e. The average Bonchev–Trinajstić information content (AvgIpc) is 2.91. The second kappa shape index (κ2) is 3.82. The summed E-state index contributed by atoms with van der Waals surface area (Å²) in [6.07, 6.45) is 3.21. The van der Waals surface area contributed by atoms with Gasteiger partial charge in [-0.1, -0.05) is 33.6 Å². The maximum atomic E-state index is 13.4. The number of hydrogen-bond donors (Lipinski definition) is 0. The molecular formula is C11H11BrClF. The number of rotatable bonds is 3. The molecule has 1 aromatic carbocycles. The van der Waals surface area contributed by atoms with Crippen LogP contribution in [0, 0.1) is 11.2 Å². The standard InChI is InChI=1S/C11H11BrClF/c12-7-11(3-4-11)6-8-1-2-9(13)5-10(8)14/h1-2,5H,3-4,6-7H2. The van der Waals surface area contributed by atoms with Gasteiger partial charge in [-0.25, -0.2) is 4.39 Å². The third-order valence-electron chi connectivity index (χ3n) is 2.82. The summed E-state index contributed by atoms with van der Waals surface area (Å²) < 4.78 is 13.4. The van der Waals surface area contributed by atoms with Crippen LogP contribution in [0.25, 0.3) is 0 Å². The van der Waals surface area contributed by atoms with Crippen LogP contribution in [0.4, 0.5) is 4.39 Å². The minimum Gasteiger partial charge on any atom is -0.207 e. The van der Waals surface area contributed by atoms with Gasteiger partial charge in [0.2, 0.25) is 0 Å². The van der Waals surface area contributed by atoms with E-state index in [0.717, 1.165) is 17.3 Å².